The number of amides is 1. The maximum atomic E-state index is 13.8. The van der Waals surface area contributed by atoms with Crippen molar-refractivity contribution < 1.29 is 14.4 Å². The third kappa shape index (κ3) is 4.62. The molecule has 0 aliphatic carbocycles. The molecule has 0 saturated heterocycles. The summed E-state index contributed by atoms with van der Waals surface area (Å²) in [4.78, 5) is 34.5. The Kier molecular flexibility index (Phi) is 6.79. The van der Waals surface area contributed by atoms with Gasteiger partial charge in [-0.15, -0.1) is 0 Å². The SMILES string of the molecule is CCC1=C(c2ccccc2)N(c2ccccc2)C(=O)C(/C(C)=N/OCc2ccccc2)C1=O. The van der Waals surface area contributed by atoms with E-state index in [-0.39, 0.29) is 18.3 Å². The highest BCUT2D eigenvalue weighted by molar-refractivity contribution is 6.34. The normalized spacial score (nSPS) is 16.8. The number of nitrogens with zero attached hydrogens (tertiary/aromatic N) is 2. The highest BCUT2D eigenvalue weighted by Gasteiger charge is 2.43. The summed E-state index contributed by atoms with van der Waals surface area (Å²) in [6, 6.07) is 28.6. The van der Waals surface area contributed by atoms with E-state index in [0.29, 0.717) is 29.1 Å². The largest absolute Gasteiger partial charge is 0.391 e. The van der Waals surface area contributed by atoms with Crippen molar-refractivity contribution in [3.8, 4) is 0 Å². The van der Waals surface area contributed by atoms with Gasteiger partial charge in [0.15, 0.2) is 5.78 Å². The highest BCUT2D eigenvalue weighted by atomic mass is 16.6. The number of oxime groups is 1. The number of hydrogen-bond donors (Lipinski definition) is 0. The molecule has 1 amide bonds. The quantitative estimate of drug-likeness (QED) is 0.273. The Bertz CT molecular complexity index is 1190. The first-order valence-electron chi connectivity index (χ1n) is 11.0. The average Bonchev–Trinajstić information content (AvgIpc) is 2.85. The predicted octanol–water partition coefficient (Wildman–Crippen LogP) is 5.63. The Morgan fingerprint density at radius 3 is 2.06 bits per heavy atom. The van der Waals surface area contributed by atoms with Crippen molar-refractivity contribution in [1.29, 1.82) is 0 Å². The Balaban J connectivity index is 1.75. The van der Waals surface area contributed by atoms with Crippen molar-refractivity contribution in [2.24, 2.45) is 11.1 Å². The number of allylic oxidation sites excluding steroid dienone is 1. The minimum atomic E-state index is -1.02. The third-order valence-corrected chi connectivity index (χ3v) is 5.65. The molecule has 1 aliphatic heterocycles. The molecule has 1 unspecified atom stereocenters. The van der Waals surface area contributed by atoms with Crippen molar-refractivity contribution in [2.45, 2.75) is 26.9 Å². The fourth-order valence-corrected chi connectivity index (χ4v) is 4.06. The van der Waals surface area contributed by atoms with Crippen LogP contribution in [0.5, 0.6) is 0 Å². The summed E-state index contributed by atoms with van der Waals surface area (Å²) in [7, 11) is 0. The van der Waals surface area contributed by atoms with Gasteiger partial charge in [0.05, 0.1) is 11.4 Å². The molecule has 33 heavy (non-hydrogen) atoms. The first kappa shape index (κ1) is 22.2. The number of anilines is 1. The molecular weight excluding hydrogens is 412 g/mol. The Morgan fingerprint density at radius 1 is 0.879 bits per heavy atom. The molecule has 1 aliphatic rings. The van der Waals surface area contributed by atoms with E-state index in [9.17, 15) is 9.59 Å². The lowest BCUT2D eigenvalue weighted by Gasteiger charge is -2.35. The maximum absolute atomic E-state index is 13.8. The summed E-state index contributed by atoms with van der Waals surface area (Å²) < 4.78 is 0. The van der Waals surface area contributed by atoms with E-state index in [1.807, 2.05) is 97.9 Å². The number of rotatable bonds is 7. The van der Waals surface area contributed by atoms with Gasteiger partial charge in [-0.05, 0) is 36.6 Å². The minimum absolute atomic E-state index is 0.224. The molecule has 0 aromatic heterocycles. The standard InChI is InChI=1S/C28H26N2O3/c1-3-24-26(22-15-9-5-10-16-22)30(23-17-11-6-12-18-23)28(32)25(27(24)31)20(2)29-33-19-21-13-7-4-8-14-21/h4-18,25H,3,19H2,1-2H3/b29-20+. The molecule has 3 aromatic carbocycles. The zero-order valence-electron chi connectivity index (χ0n) is 18.8. The summed E-state index contributed by atoms with van der Waals surface area (Å²) in [5.41, 5.74) is 4.08. The van der Waals surface area contributed by atoms with Crippen LogP contribution in [-0.2, 0) is 21.0 Å². The van der Waals surface area contributed by atoms with Crippen LogP contribution in [0.25, 0.3) is 5.70 Å². The number of benzene rings is 3. The number of carbonyl (C=O) groups excluding carboxylic acids is 2. The topological polar surface area (TPSA) is 59.0 Å². The molecule has 3 aromatic rings. The van der Waals surface area contributed by atoms with Gasteiger partial charge in [0.1, 0.15) is 12.5 Å². The molecule has 4 rings (SSSR count). The first-order valence-corrected chi connectivity index (χ1v) is 11.0. The molecule has 166 valence electrons. The van der Waals surface area contributed by atoms with Crippen LogP contribution in [0.15, 0.2) is 102 Å². The van der Waals surface area contributed by atoms with E-state index >= 15 is 0 Å². The van der Waals surface area contributed by atoms with Crippen molar-refractivity contribution in [1.82, 2.24) is 0 Å². The smallest absolute Gasteiger partial charge is 0.248 e. The van der Waals surface area contributed by atoms with Gasteiger partial charge < -0.3 is 4.84 Å². The number of ketones is 1. The lowest BCUT2D eigenvalue weighted by atomic mass is 9.84. The third-order valence-electron chi connectivity index (χ3n) is 5.65. The van der Waals surface area contributed by atoms with Crippen LogP contribution < -0.4 is 4.90 Å². The van der Waals surface area contributed by atoms with Gasteiger partial charge in [-0.2, -0.15) is 0 Å². The fraction of sp³-hybridized carbons (Fsp3) is 0.179. The molecule has 1 heterocycles. The Labute approximate surface area is 194 Å². The number of hydrogen-bond acceptors (Lipinski definition) is 4. The van der Waals surface area contributed by atoms with Crippen molar-refractivity contribution in [2.75, 3.05) is 4.90 Å². The zero-order valence-corrected chi connectivity index (χ0v) is 18.8. The van der Waals surface area contributed by atoms with Crippen LogP contribution in [0.1, 0.15) is 31.4 Å². The van der Waals surface area contributed by atoms with E-state index in [1.165, 1.54) is 0 Å². The summed E-state index contributed by atoms with van der Waals surface area (Å²) in [5, 5.41) is 4.16. The van der Waals surface area contributed by atoms with Gasteiger partial charge in [0.2, 0.25) is 5.91 Å². The fourth-order valence-electron chi connectivity index (χ4n) is 4.06. The molecule has 1 atom stereocenters. The Hall–Kier alpha value is -3.99. The molecule has 5 nitrogen and oxygen atoms in total. The second kappa shape index (κ2) is 10.1. The summed E-state index contributed by atoms with van der Waals surface area (Å²) >= 11 is 0. The summed E-state index contributed by atoms with van der Waals surface area (Å²) in [6.07, 6.45) is 0.494. The molecule has 0 N–H and O–H groups in total. The van der Waals surface area contributed by atoms with E-state index in [0.717, 1.165) is 11.1 Å². The monoisotopic (exact) mass is 438 g/mol. The summed E-state index contributed by atoms with van der Waals surface area (Å²) in [6.45, 7) is 3.88. The number of Topliss-reactive ketones (excluding diaryl/α,β-unsaturated/α-hetero) is 1. The van der Waals surface area contributed by atoms with Crippen molar-refractivity contribution in [3.05, 3.63) is 108 Å². The molecule has 0 fully saturated rings. The molecule has 5 heteroatoms. The van der Waals surface area contributed by atoms with Gasteiger partial charge in [0.25, 0.3) is 0 Å². The first-order chi connectivity index (χ1) is 16.1. The van der Waals surface area contributed by atoms with Crippen LogP contribution in [0.4, 0.5) is 5.69 Å². The van der Waals surface area contributed by atoms with Crippen LogP contribution in [0.2, 0.25) is 0 Å². The van der Waals surface area contributed by atoms with E-state index in [1.54, 1.807) is 11.8 Å². The highest BCUT2D eigenvalue weighted by Crippen LogP contribution is 2.37. The zero-order chi connectivity index (χ0) is 23.2. The number of carbonyl (C=O) groups is 2. The molecule has 0 spiro atoms. The van der Waals surface area contributed by atoms with Crippen LogP contribution in [0.3, 0.4) is 0 Å². The second-order valence-electron chi connectivity index (χ2n) is 7.84. The minimum Gasteiger partial charge on any atom is -0.391 e. The van der Waals surface area contributed by atoms with Crippen molar-refractivity contribution in [3.63, 3.8) is 0 Å². The van der Waals surface area contributed by atoms with E-state index in [2.05, 4.69) is 5.16 Å². The lowest BCUT2D eigenvalue weighted by Crippen LogP contribution is -2.47. The molecule has 0 bridgehead atoms. The second-order valence-corrected chi connectivity index (χ2v) is 7.84. The maximum Gasteiger partial charge on any atom is 0.248 e. The summed E-state index contributed by atoms with van der Waals surface area (Å²) in [5.74, 6) is -1.58. The predicted molar refractivity (Wildman–Crippen MR) is 130 cm³/mol. The molecule has 0 saturated carbocycles. The van der Waals surface area contributed by atoms with Crippen LogP contribution in [0, 0.1) is 5.92 Å². The van der Waals surface area contributed by atoms with Gasteiger partial charge in [-0.25, -0.2) is 0 Å². The van der Waals surface area contributed by atoms with Gasteiger partial charge in [-0.3, -0.25) is 14.5 Å². The molecular formula is C28H26N2O3. The number of para-hydroxylation sites is 1. The lowest BCUT2D eigenvalue weighted by molar-refractivity contribution is -0.128. The van der Waals surface area contributed by atoms with Crippen molar-refractivity contribution >= 4 is 28.8 Å². The van der Waals surface area contributed by atoms with Crippen LogP contribution >= 0.6 is 0 Å². The Morgan fingerprint density at radius 2 is 1.45 bits per heavy atom. The van der Waals surface area contributed by atoms with Gasteiger partial charge in [-0.1, -0.05) is 90.9 Å². The van der Waals surface area contributed by atoms with E-state index < -0.39 is 5.92 Å². The van der Waals surface area contributed by atoms with E-state index in [4.69, 9.17) is 4.84 Å². The average molecular weight is 439 g/mol. The molecule has 0 radical (unpaired) electrons. The van der Waals surface area contributed by atoms with Gasteiger partial charge >= 0.3 is 0 Å². The van der Waals surface area contributed by atoms with Gasteiger partial charge in [0, 0.05) is 11.3 Å². The van der Waals surface area contributed by atoms with Crippen LogP contribution in [-0.4, -0.2) is 17.4 Å².